The van der Waals surface area contributed by atoms with Crippen LogP contribution in [-0.2, 0) is 11.5 Å². The molecule has 3 aromatic rings. The number of thioether (sulfide) groups is 1. The second kappa shape index (κ2) is 5.27. The molecule has 0 saturated heterocycles. The highest BCUT2D eigenvalue weighted by molar-refractivity contribution is 7.97. The number of hydrogen-bond donors (Lipinski definition) is 0. The van der Waals surface area contributed by atoms with E-state index in [1.807, 2.05) is 48.3 Å². The van der Waals surface area contributed by atoms with Gasteiger partial charge in [0.05, 0.1) is 17.5 Å². The Kier molecular flexibility index (Phi) is 3.33. The molecular weight excluding hydrogens is 242 g/mol. The first-order valence-corrected chi connectivity index (χ1v) is 7.01. The molecule has 0 aliphatic carbocycles. The van der Waals surface area contributed by atoms with Crippen molar-refractivity contribution in [2.45, 2.75) is 11.5 Å². The van der Waals surface area contributed by atoms with E-state index in [-0.39, 0.29) is 0 Å². The number of fused-ring (bicyclic) bond motifs is 1. The van der Waals surface area contributed by atoms with Crippen LogP contribution in [0.3, 0.4) is 0 Å². The summed E-state index contributed by atoms with van der Waals surface area (Å²) in [6.45, 7) is 0. The summed E-state index contributed by atoms with van der Waals surface area (Å²) < 4.78 is 5.31. The molecule has 0 saturated carbocycles. The van der Waals surface area contributed by atoms with Crippen molar-refractivity contribution in [3.8, 4) is 0 Å². The molecule has 1 aromatic carbocycles. The van der Waals surface area contributed by atoms with Gasteiger partial charge in [0.2, 0.25) is 0 Å². The first-order chi connectivity index (χ1) is 8.92. The van der Waals surface area contributed by atoms with E-state index in [0.29, 0.717) is 0 Å². The Bertz CT molecular complexity index is 634. The molecule has 2 nitrogen and oxygen atoms in total. The summed E-state index contributed by atoms with van der Waals surface area (Å²) in [5.41, 5.74) is 2.31. The van der Waals surface area contributed by atoms with Crippen LogP contribution < -0.4 is 0 Å². The fourth-order valence-electron chi connectivity index (χ4n) is 1.86. The van der Waals surface area contributed by atoms with Crippen molar-refractivity contribution < 1.29 is 4.42 Å². The van der Waals surface area contributed by atoms with Gasteiger partial charge in [-0.2, -0.15) is 0 Å². The highest BCUT2D eigenvalue weighted by atomic mass is 32.2. The zero-order valence-electron chi connectivity index (χ0n) is 9.87. The van der Waals surface area contributed by atoms with Crippen molar-refractivity contribution in [1.82, 2.24) is 4.98 Å². The third kappa shape index (κ3) is 2.57. The number of pyridine rings is 1. The van der Waals surface area contributed by atoms with Crippen LogP contribution in [0.1, 0.15) is 11.3 Å². The van der Waals surface area contributed by atoms with Crippen LogP contribution in [0.5, 0.6) is 0 Å². The minimum Gasteiger partial charge on any atom is -0.468 e. The minimum absolute atomic E-state index is 0.903. The molecule has 0 aliphatic rings. The molecule has 2 heterocycles. The molecule has 18 heavy (non-hydrogen) atoms. The maximum Gasteiger partial charge on any atom is 0.113 e. The molecule has 0 unspecified atom stereocenters. The lowest BCUT2D eigenvalue weighted by Crippen LogP contribution is -1.85. The van der Waals surface area contributed by atoms with E-state index in [1.54, 1.807) is 6.26 Å². The average Bonchev–Trinajstić information content (AvgIpc) is 2.92. The summed E-state index contributed by atoms with van der Waals surface area (Å²) in [5.74, 6) is 2.88. The number of benzene rings is 1. The second-order valence-electron chi connectivity index (χ2n) is 4.11. The molecule has 2 aromatic heterocycles. The summed E-state index contributed by atoms with van der Waals surface area (Å²) in [5, 5.41) is 1.20. The maximum absolute atomic E-state index is 5.31. The van der Waals surface area contributed by atoms with Gasteiger partial charge in [-0.3, -0.25) is 4.98 Å². The van der Waals surface area contributed by atoms with E-state index >= 15 is 0 Å². The highest BCUT2D eigenvalue weighted by Gasteiger charge is 2.00. The molecule has 0 N–H and O–H groups in total. The van der Waals surface area contributed by atoms with Crippen molar-refractivity contribution in [2.24, 2.45) is 0 Å². The van der Waals surface area contributed by atoms with Gasteiger partial charge in [0, 0.05) is 17.3 Å². The summed E-state index contributed by atoms with van der Waals surface area (Å²) in [4.78, 5) is 4.46. The highest BCUT2D eigenvalue weighted by Crippen LogP contribution is 2.20. The van der Waals surface area contributed by atoms with Crippen molar-refractivity contribution in [3.05, 3.63) is 66.2 Å². The van der Waals surface area contributed by atoms with Crippen molar-refractivity contribution in [2.75, 3.05) is 0 Å². The molecule has 0 bridgehead atoms. The smallest absolute Gasteiger partial charge is 0.113 e. The second-order valence-corrected chi connectivity index (χ2v) is 5.09. The molecular formula is C15H13NOS. The standard InChI is InChI=1S/C15H13NOS/c1-2-6-15-13(4-1)8-12(9-16-15)10-18-11-14-5-3-7-17-14/h1-9H,10-11H2. The molecule has 0 aliphatic heterocycles. The monoisotopic (exact) mass is 255 g/mol. The predicted molar refractivity (Wildman–Crippen MR) is 75.5 cm³/mol. The largest absolute Gasteiger partial charge is 0.468 e. The van der Waals surface area contributed by atoms with E-state index < -0.39 is 0 Å². The fourth-order valence-corrected chi connectivity index (χ4v) is 2.72. The predicted octanol–water partition coefficient (Wildman–Crippen LogP) is 4.26. The van der Waals surface area contributed by atoms with E-state index in [0.717, 1.165) is 22.8 Å². The van der Waals surface area contributed by atoms with E-state index in [9.17, 15) is 0 Å². The average molecular weight is 255 g/mol. The van der Waals surface area contributed by atoms with Crippen LogP contribution in [0.4, 0.5) is 0 Å². The van der Waals surface area contributed by atoms with Crippen molar-refractivity contribution >= 4 is 22.7 Å². The van der Waals surface area contributed by atoms with Gasteiger partial charge in [-0.1, -0.05) is 18.2 Å². The SMILES string of the molecule is c1coc(CSCc2cnc3ccccc3c2)c1. The summed E-state index contributed by atoms with van der Waals surface area (Å²) in [7, 11) is 0. The Morgan fingerprint density at radius 3 is 2.89 bits per heavy atom. The normalized spacial score (nSPS) is 10.9. The molecule has 90 valence electrons. The molecule has 0 spiro atoms. The Balaban J connectivity index is 1.67. The Labute approximate surface area is 110 Å². The van der Waals surface area contributed by atoms with Crippen LogP contribution in [0.2, 0.25) is 0 Å². The summed E-state index contributed by atoms with van der Waals surface area (Å²) in [6, 6.07) is 14.3. The molecule has 3 rings (SSSR count). The number of aromatic nitrogens is 1. The first-order valence-electron chi connectivity index (χ1n) is 5.85. The van der Waals surface area contributed by atoms with Crippen molar-refractivity contribution in [3.63, 3.8) is 0 Å². The van der Waals surface area contributed by atoms with E-state index in [4.69, 9.17) is 4.42 Å². The molecule has 0 radical (unpaired) electrons. The van der Waals surface area contributed by atoms with Crippen LogP contribution >= 0.6 is 11.8 Å². The van der Waals surface area contributed by atoms with E-state index in [2.05, 4.69) is 17.1 Å². The van der Waals surface area contributed by atoms with Gasteiger partial charge in [0.15, 0.2) is 0 Å². The Morgan fingerprint density at radius 1 is 1.06 bits per heavy atom. The fraction of sp³-hybridized carbons (Fsp3) is 0.133. The quantitative estimate of drug-likeness (QED) is 0.696. The van der Waals surface area contributed by atoms with Crippen LogP contribution in [0.25, 0.3) is 10.9 Å². The van der Waals surface area contributed by atoms with Gasteiger partial charge in [-0.15, -0.1) is 11.8 Å². The lowest BCUT2D eigenvalue weighted by atomic mass is 10.2. The zero-order chi connectivity index (χ0) is 12.2. The zero-order valence-corrected chi connectivity index (χ0v) is 10.7. The Morgan fingerprint density at radius 2 is 2.00 bits per heavy atom. The molecule has 0 amide bonds. The topological polar surface area (TPSA) is 26.0 Å². The maximum atomic E-state index is 5.31. The number of nitrogens with zero attached hydrogens (tertiary/aromatic N) is 1. The number of rotatable bonds is 4. The summed E-state index contributed by atoms with van der Waals surface area (Å²) in [6.07, 6.45) is 3.67. The van der Waals surface area contributed by atoms with Crippen molar-refractivity contribution in [1.29, 1.82) is 0 Å². The molecule has 0 atom stereocenters. The third-order valence-electron chi connectivity index (χ3n) is 2.74. The van der Waals surface area contributed by atoms with Crippen LogP contribution in [0.15, 0.2) is 59.3 Å². The molecule has 0 fully saturated rings. The Hall–Kier alpha value is -1.74. The van der Waals surface area contributed by atoms with Gasteiger partial charge < -0.3 is 4.42 Å². The number of para-hydroxylation sites is 1. The number of hydrogen-bond acceptors (Lipinski definition) is 3. The lowest BCUT2D eigenvalue weighted by Gasteiger charge is -2.02. The summed E-state index contributed by atoms with van der Waals surface area (Å²) >= 11 is 1.84. The minimum atomic E-state index is 0.903. The lowest BCUT2D eigenvalue weighted by molar-refractivity contribution is 0.530. The van der Waals surface area contributed by atoms with E-state index in [1.165, 1.54) is 10.9 Å². The van der Waals surface area contributed by atoms with Gasteiger partial charge in [-0.05, 0) is 29.8 Å². The molecule has 3 heteroatoms. The van der Waals surface area contributed by atoms with Gasteiger partial charge in [0.1, 0.15) is 5.76 Å². The van der Waals surface area contributed by atoms with Gasteiger partial charge in [-0.25, -0.2) is 0 Å². The third-order valence-corrected chi connectivity index (χ3v) is 3.77. The van der Waals surface area contributed by atoms with Gasteiger partial charge in [0.25, 0.3) is 0 Å². The van der Waals surface area contributed by atoms with Crippen LogP contribution in [-0.4, -0.2) is 4.98 Å². The van der Waals surface area contributed by atoms with Gasteiger partial charge >= 0.3 is 0 Å². The van der Waals surface area contributed by atoms with Crippen LogP contribution in [0, 0.1) is 0 Å². The number of furan rings is 1. The first kappa shape index (κ1) is 11.4.